The van der Waals surface area contributed by atoms with E-state index in [-0.39, 0.29) is 31.0 Å². The molecule has 2 aromatic carbocycles. The Morgan fingerprint density at radius 2 is 2.00 bits per heavy atom. The average molecular weight is 489 g/mol. The number of benzene rings is 2. The van der Waals surface area contributed by atoms with Gasteiger partial charge in [0.15, 0.2) is 0 Å². The maximum absolute atomic E-state index is 14.0. The normalized spacial score (nSPS) is 10.9. The van der Waals surface area contributed by atoms with Crippen LogP contribution in [0.15, 0.2) is 54.0 Å². The maximum Gasteiger partial charge on any atom is 0.231 e. The Balaban J connectivity index is 1.37. The van der Waals surface area contributed by atoms with Crippen molar-refractivity contribution in [1.82, 2.24) is 14.8 Å². The summed E-state index contributed by atoms with van der Waals surface area (Å²) in [5.41, 5.74) is 1.45. The molecule has 0 aliphatic rings. The van der Waals surface area contributed by atoms with Crippen LogP contribution >= 0.6 is 22.9 Å². The van der Waals surface area contributed by atoms with Gasteiger partial charge in [0.05, 0.1) is 24.9 Å². The third-order valence-electron chi connectivity index (χ3n) is 4.73. The number of carbonyl (C=O) groups is 1. The predicted octanol–water partition coefficient (Wildman–Crippen LogP) is 5.39. The zero-order valence-corrected chi connectivity index (χ0v) is 19.1. The van der Waals surface area contributed by atoms with Crippen LogP contribution in [0.25, 0.3) is 0 Å². The number of hydrogen-bond donors (Lipinski definition) is 1. The minimum absolute atomic E-state index is 0.0179. The first kappa shape index (κ1) is 22.9. The molecule has 1 amide bonds. The van der Waals surface area contributed by atoms with E-state index in [9.17, 15) is 13.6 Å². The van der Waals surface area contributed by atoms with Crippen LogP contribution in [0.5, 0.6) is 5.75 Å². The molecule has 33 heavy (non-hydrogen) atoms. The van der Waals surface area contributed by atoms with E-state index in [1.807, 2.05) is 0 Å². The highest BCUT2D eigenvalue weighted by atomic mass is 35.5. The molecule has 2 aromatic heterocycles. The molecule has 4 aromatic rings. The van der Waals surface area contributed by atoms with Crippen LogP contribution in [-0.4, -0.2) is 20.7 Å². The molecule has 0 aliphatic heterocycles. The Morgan fingerprint density at radius 3 is 2.79 bits per heavy atom. The molecule has 0 saturated carbocycles. The van der Waals surface area contributed by atoms with Crippen molar-refractivity contribution in [3.05, 3.63) is 92.5 Å². The van der Waals surface area contributed by atoms with Gasteiger partial charge in [-0.2, -0.15) is 5.10 Å². The summed E-state index contributed by atoms with van der Waals surface area (Å²) < 4.78 is 34.6. The van der Waals surface area contributed by atoms with E-state index in [2.05, 4.69) is 15.4 Å². The van der Waals surface area contributed by atoms with Crippen molar-refractivity contribution in [2.24, 2.45) is 0 Å². The summed E-state index contributed by atoms with van der Waals surface area (Å²) in [6, 6.07) is 10.2. The van der Waals surface area contributed by atoms with Gasteiger partial charge >= 0.3 is 0 Å². The zero-order valence-electron chi connectivity index (χ0n) is 17.5. The lowest BCUT2D eigenvalue weighted by molar-refractivity contribution is -0.115. The van der Waals surface area contributed by atoms with Crippen molar-refractivity contribution in [1.29, 1.82) is 0 Å². The summed E-state index contributed by atoms with van der Waals surface area (Å²) in [6.45, 7) is 2.03. The van der Waals surface area contributed by atoms with Gasteiger partial charge < -0.3 is 10.1 Å². The third-order valence-corrected chi connectivity index (χ3v) is 5.85. The fraction of sp³-hybridized carbons (Fsp3) is 0.174. The van der Waals surface area contributed by atoms with Gasteiger partial charge in [-0.05, 0) is 49.4 Å². The summed E-state index contributed by atoms with van der Waals surface area (Å²) in [4.78, 5) is 17.1. The zero-order chi connectivity index (χ0) is 23.4. The largest absolute Gasteiger partial charge is 0.486 e. The number of nitrogens with one attached hydrogen (secondary N) is 1. The van der Waals surface area contributed by atoms with Crippen molar-refractivity contribution in [2.45, 2.75) is 26.5 Å². The molecular weight excluding hydrogens is 470 g/mol. The van der Waals surface area contributed by atoms with Gasteiger partial charge in [0.2, 0.25) is 5.91 Å². The molecule has 0 atom stereocenters. The molecule has 10 heteroatoms. The molecule has 0 fully saturated rings. The van der Waals surface area contributed by atoms with E-state index in [4.69, 9.17) is 16.3 Å². The molecule has 0 aliphatic carbocycles. The van der Waals surface area contributed by atoms with E-state index in [0.29, 0.717) is 27.8 Å². The quantitative estimate of drug-likeness (QED) is 0.361. The lowest BCUT2D eigenvalue weighted by Crippen LogP contribution is -2.19. The number of anilines is 1. The molecule has 0 bridgehead atoms. The molecular formula is C23H19ClF2N4O2S. The standard InChI is InChI=1S/C23H19ClF2N4O2S/c1-14-10-27-30(11-15-8-17(25)4-7-20(15)26)23(14)29-21(31)9-18-13-33-22(28-18)12-32-19-5-2-16(24)3-6-19/h2-8,10,13H,9,11-12H2,1H3,(H,29,31). The molecule has 0 radical (unpaired) electrons. The Morgan fingerprint density at radius 1 is 1.21 bits per heavy atom. The number of rotatable bonds is 8. The first-order chi connectivity index (χ1) is 15.9. The number of hydrogen-bond acceptors (Lipinski definition) is 5. The van der Waals surface area contributed by atoms with Gasteiger partial charge in [-0.3, -0.25) is 4.79 Å². The highest BCUT2D eigenvalue weighted by Crippen LogP contribution is 2.20. The third kappa shape index (κ3) is 5.94. The fourth-order valence-corrected chi connectivity index (χ4v) is 3.93. The number of nitrogens with zero attached hydrogens (tertiary/aromatic N) is 3. The molecule has 6 nitrogen and oxygen atoms in total. The molecule has 0 unspecified atom stereocenters. The number of amides is 1. The molecule has 1 N–H and O–H groups in total. The minimum Gasteiger partial charge on any atom is -0.486 e. The van der Waals surface area contributed by atoms with E-state index in [1.54, 1.807) is 42.8 Å². The maximum atomic E-state index is 14.0. The topological polar surface area (TPSA) is 69.0 Å². The lowest BCUT2D eigenvalue weighted by atomic mass is 10.2. The Hall–Kier alpha value is -3.30. The molecule has 0 saturated heterocycles. The number of ether oxygens (including phenoxy) is 1. The monoisotopic (exact) mass is 488 g/mol. The SMILES string of the molecule is Cc1cnn(Cc2cc(F)ccc2F)c1NC(=O)Cc1csc(COc2ccc(Cl)cc2)n1. The van der Waals surface area contributed by atoms with Gasteiger partial charge in [-0.1, -0.05) is 11.6 Å². The van der Waals surface area contributed by atoms with Crippen LogP contribution in [0.1, 0.15) is 21.8 Å². The van der Waals surface area contributed by atoms with E-state index in [0.717, 1.165) is 23.2 Å². The van der Waals surface area contributed by atoms with Crippen LogP contribution in [0.2, 0.25) is 5.02 Å². The molecule has 4 rings (SSSR count). The predicted molar refractivity (Wildman–Crippen MR) is 123 cm³/mol. The first-order valence-corrected chi connectivity index (χ1v) is 11.2. The first-order valence-electron chi connectivity index (χ1n) is 9.95. The van der Waals surface area contributed by atoms with E-state index >= 15 is 0 Å². The lowest BCUT2D eigenvalue weighted by Gasteiger charge is -2.11. The molecule has 170 valence electrons. The van der Waals surface area contributed by atoms with E-state index in [1.165, 1.54) is 16.0 Å². The van der Waals surface area contributed by atoms with Crippen molar-refractivity contribution in [3.63, 3.8) is 0 Å². The molecule has 2 heterocycles. The van der Waals surface area contributed by atoms with Crippen LogP contribution in [0.3, 0.4) is 0 Å². The minimum atomic E-state index is -0.544. The second-order valence-electron chi connectivity index (χ2n) is 7.27. The summed E-state index contributed by atoms with van der Waals surface area (Å²) in [5.74, 6) is -0.287. The highest BCUT2D eigenvalue weighted by Gasteiger charge is 2.15. The number of carbonyl (C=O) groups excluding carboxylic acids is 1. The van der Waals surface area contributed by atoms with Crippen LogP contribution in [-0.2, 0) is 24.4 Å². The van der Waals surface area contributed by atoms with Gasteiger partial charge in [-0.15, -0.1) is 11.3 Å². The Kier molecular flexibility index (Phi) is 7.00. The molecule has 0 spiro atoms. The van der Waals surface area contributed by atoms with Gasteiger partial charge in [0.25, 0.3) is 0 Å². The smallest absolute Gasteiger partial charge is 0.231 e. The van der Waals surface area contributed by atoms with Gasteiger partial charge in [-0.25, -0.2) is 18.4 Å². The Bertz CT molecular complexity index is 1270. The summed E-state index contributed by atoms with van der Waals surface area (Å²) in [7, 11) is 0. The average Bonchev–Trinajstić information content (AvgIpc) is 3.37. The second-order valence-corrected chi connectivity index (χ2v) is 8.65. The van der Waals surface area contributed by atoms with Crippen molar-refractivity contribution in [2.75, 3.05) is 5.32 Å². The van der Waals surface area contributed by atoms with Crippen LogP contribution in [0, 0.1) is 18.6 Å². The second kappa shape index (κ2) is 10.1. The van der Waals surface area contributed by atoms with Crippen molar-refractivity contribution in [3.8, 4) is 5.75 Å². The summed E-state index contributed by atoms with van der Waals surface area (Å²) in [5, 5.41) is 10.1. The highest BCUT2D eigenvalue weighted by molar-refractivity contribution is 7.09. The fourth-order valence-electron chi connectivity index (χ4n) is 3.10. The number of thiazole rings is 1. The van der Waals surface area contributed by atoms with Crippen LogP contribution in [0.4, 0.5) is 14.6 Å². The number of halogens is 3. The Labute approximate surface area is 197 Å². The van der Waals surface area contributed by atoms with E-state index < -0.39 is 11.6 Å². The number of aromatic nitrogens is 3. The summed E-state index contributed by atoms with van der Waals surface area (Å²) >= 11 is 7.26. The van der Waals surface area contributed by atoms with Crippen LogP contribution < -0.4 is 10.1 Å². The van der Waals surface area contributed by atoms with Gasteiger partial charge in [0, 0.05) is 21.5 Å². The van der Waals surface area contributed by atoms with Crippen molar-refractivity contribution < 1.29 is 18.3 Å². The summed E-state index contributed by atoms with van der Waals surface area (Å²) in [6.07, 6.45) is 1.61. The van der Waals surface area contributed by atoms with Gasteiger partial charge in [0.1, 0.15) is 34.8 Å². The van der Waals surface area contributed by atoms with Crippen molar-refractivity contribution >= 4 is 34.7 Å². The number of aryl methyl sites for hydroxylation is 1.